The lowest BCUT2D eigenvalue weighted by atomic mass is 10.0. The molecule has 17 heavy (non-hydrogen) atoms. The van der Waals surface area contributed by atoms with Gasteiger partial charge in [-0.05, 0) is 47.1 Å². The second-order valence-electron chi connectivity index (χ2n) is 4.05. The second-order valence-corrected chi connectivity index (χ2v) is 7.12. The first-order valence-electron chi connectivity index (χ1n) is 5.27. The Kier molecular flexibility index (Phi) is 3.53. The number of ether oxygens (including phenoxy) is 1. The van der Waals surface area contributed by atoms with Gasteiger partial charge in [-0.25, -0.2) is 8.42 Å². The summed E-state index contributed by atoms with van der Waals surface area (Å²) >= 11 is 2.20. The van der Waals surface area contributed by atoms with Gasteiger partial charge in [0.2, 0.25) is 10.0 Å². The highest BCUT2D eigenvalue weighted by Gasteiger charge is 2.25. The van der Waals surface area contributed by atoms with Crippen molar-refractivity contribution in [2.24, 2.45) is 0 Å². The molecule has 1 heterocycles. The fraction of sp³-hybridized carbons (Fsp3) is 0.455. The number of sulfonamides is 1. The van der Waals surface area contributed by atoms with Crippen molar-refractivity contribution in [3.63, 3.8) is 0 Å². The fourth-order valence-electron chi connectivity index (χ4n) is 2.05. The van der Waals surface area contributed by atoms with Gasteiger partial charge >= 0.3 is 0 Å². The standard InChI is InChI=1S/C11H14INO3S/c1-16-11-7-10-8(6-9(11)12)4-3-5-13(10)17(2,14)15/h6-7H,3-5H2,1-2H3. The minimum atomic E-state index is -3.20. The zero-order chi connectivity index (χ0) is 12.6. The van der Waals surface area contributed by atoms with Gasteiger partial charge in [-0.15, -0.1) is 0 Å². The average molecular weight is 367 g/mol. The van der Waals surface area contributed by atoms with E-state index in [4.69, 9.17) is 4.74 Å². The number of aryl methyl sites for hydroxylation is 1. The Morgan fingerprint density at radius 2 is 2.12 bits per heavy atom. The van der Waals surface area contributed by atoms with E-state index in [9.17, 15) is 8.42 Å². The highest BCUT2D eigenvalue weighted by atomic mass is 127. The molecule has 4 nitrogen and oxygen atoms in total. The molecule has 6 heteroatoms. The predicted octanol–water partition coefficient (Wildman–Crippen LogP) is 2.01. The minimum Gasteiger partial charge on any atom is -0.496 e. The monoisotopic (exact) mass is 367 g/mol. The molecule has 0 bridgehead atoms. The van der Waals surface area contributed by atoms with Gasteiger partial charge in [0.15, 0.2) is 0 Å². The van der Waals surface area contributed by atoms with Crippen molar-refractivity contribution in [3.05, 3.63) is 21.3 Å². The highest BCUT2D eigenvalue weighted by molar-refractivity contribution is 14.1. The summed E-state index contributed by atoms with van der Waals surface area (Å²) in [6.07, 6.45) is 3.02. The van der Waals surface area contributed by atoms with Crippen LogP contribution in [0.5, 0.6) is 5.75 Å². The molecule has 0 unspecified atom stereocenters. The summed E-state index contributed by atoms with van der Waals surface area (Å²) in [7, 11) is -1.61. The molecular formula is C11H14INO3S. The Hall–Kier alpha value is -0.500. The highest BCUT2D eigenvalue weighted by Crippen LogP contribution is 2.35. The lowest BCUT2D eigenvalue weighted by Crippen LogP contribution is -2.34. The van der Waals surface area contributed by atoms with Crippen molar-refractivity contribution >= 4 is 38.3 Å². The Balaban J connectivity index is 2.58. The van der Waals surface area contributed by atoms with Gasteiger partial charge in [0.1, 0.15) is 5.75 Å². The van der Waals surface area contributed by atoms with E-state index in [1.807, 2.05) is 12.1 Å². The summed E-state index contributed by atoms with van der Waals surface area (Å²) in [4.78, 5) is 0. The van der Waals surface area contributed by atoms with E-state index in [-0.39, 0.29) is 0 Å². The quantitative estimate of drug-likeness (QED) is 0.752. The molecule has 0 aromatic heterocycles. The lowest BCUT2D eigenvalue weighted by molar-refractivity contribution is 0.411. The van der Waals surface area contributed by atoms with Gasteiger partial charge in [0, 0.05) is 12.6 Å². The van der Waals surface area contributed by atoms with Gasteiger partial charge in [-0.2, -0.15) is 0 Å². The molecule has 2 rings (SSSR count). The molecule has 0 saturated carbocycles. The zero-order valence-electron chi connectivity index (χ0n) is 9.73. The molecule has 0 amide bonds. The number of rotatable bonds is 2. The smallest absolute Gasteiger partial charge is 0.232 e. The van der Waals surface area contributed by atoms with Crippen molar-refractivity contribution in [2.45, 2.75) is 12.8 Å². The van der Waals surface area contributed by atoms with Crippen LogP contribution in [0.3, 0.4) is 0 Å². The van der Waals surface area contributed by atoms with Crippen molar-refractivity contribution in [2.75, 3.05) is 24.2 Å². The van der Waals surface area contributed by atoms with E-state index in [0.717, 1.165) is 33.4 Å². The minimum absolute atomic E-state index is 0.551. The van der Waals surface area contributed by atoms with Gasteiger partial charge in [-0.1, -0.05) is 0 Å². The van der Waals surface area contributed by atoms with E-state index in [1.165, 1.54) is 10.6 Å². The first-order valence-corrected chi connectivity index (χ1v) is 8.20. The maximum absolute atomic E-state index is 11.7. The van der Waals surface area contributed by atoms with Crippen LogP contribution in [0, 0.1) is 3.57 Å². The Labute approximate surface area is 115 Å². The first kappa shape index (κ1) is 12.9. The molecule has 94 valence electrons. The number of methoxy groups -OCH3 is 1. The van der Waals surface area contributed by atoms with Gasteiger partial charge in [0.05, 0.1) is 22.6 Å². The van der Waals surface area contributed by atoms with E-state index in [1.54, 1.807) is 7.11 Å². The molecule has 0 aliphatic carbocycles. The topological polar surface area (TPSA) is 46.6 Å². The van der Waals surface area contributed by atoms with Crippen molar-refractivity contribution in [1.82, 2.24) is 0 Å². The van der Waals surface area contributed by atoms with Crippen LogP contribution in [0.2, 0.25) is 0 Å². The van der Waals surface area contributed by atoms with Crippen molar-refractivity contribution in [3.8, 4) is 5.75 Å². The number of hydrogen-bond acceptors (Lipinski definition) is 3. The average Bonchev–Trinajstić information content (AvgIpc) is 2.25. The van der Waals surface area contributed by atoms with Crippen LogP contribution in [0.15, 0.2) is 12.1 Å². The summed E-state index contributed by atoms with van der Waals surface area (Å²) in [5.74, 6) is 0.722. The van der Waals surface area contributed by atoms with E-state index in [0.29, 0.717) is 6.54 Å². The molecule has 1 aliphatic heterocycles. The molecular weight excluding hydrogens is 353 g/mol. The SMILES string of the molecule is COc1cc2c(cc1I)CCCN2S(C)(=O)=O. The van der Waals surface area contributed by atoms with Gasteiger partial charge < -0.3 is 4.74 Å². The van der Waals surface area contributed by atoms with Crippen molar-refractivity contribution < 1.29 is 13.2 Å². The maximum Gasteiger partial charge on any atom is 0.232 e. The molecule has 0 N–H and O–H groups in total. The molecule has 1 aromatic carbocycles. The Morgan fingerprint density at radius 3 is 2.71 bits per heavy atom. The molecule has 1 aromatic rings. The summed E-state index contributed by atoms with van der Waals surface area (Å²) in [5, 5.41) is 0. The molecule has 0 saturated heterocycles. The number of hydrogen-bond donors (Lipinski definition) is 0. The third-order valence-electron chi connectivity index (χ3n) is 2.83. The van der Waals surface area contributed by atoms with Crippen LogP contribution < -0.4 is 9.04 Å². The molecule has 1 aliphatic rings. The molecule has 0 atom stereocenters. The predicted molar refractivity (Wildman–Crippen MR) is 76.2 cm³/mol. The Bertz CT molecular complexity index is 542. The summed E-state index contributed by atoms with van der Waals surface area (Å²) < 4.78 is 31.2. The van der Waals surface area contributed by atoms with Crippen LogP contribution in [-0.4, -0.2) is 28.3 Å². The third kappa shape index (κ3) is 2.52. The third-order valence-corrected chi connectivity index (χ3v) is 4.85. The number of nitrogens with zero attached hydrogens (tertiary/aromatic N) is 1. The first-order chi connectivity index (χ1) is 7.93. The normalized spacial score (nSPS) is 15.6. The number of halogens is 1. The maximum atomic E-state index is 11.7. The molecule has 0 spiro atoms. The molecule has 0 radical (unpaired) electrons. The summed E-state index contributed by atoms with van der Waals surface area (Å²) in [5.41, 5.74) is 1.84. The van der Waals surface area contributed by atoms with Crippen LogP contribution in [-0.2, 0) is 16.4 Å². The fourth-order valence-corrected chi connectivity index (χ4v) is 3.79. The van der Waals surface area contributed by atoms with Gasteiger partial charge in [0.25, 0.3) is 0 Å². The number of benzene rings is 1. The number of anilines is 1. The summed E-state index contributed by atoms with van der Waals surface area (Å²) in [6.45, 7) is 0.551. The second kappa shape index (κ2) is 4.64. The molecule has 0 fully saturated rings. The van der Waals surface area contributed by atoms with Gasteiger partial charge in [-0.3, -0.25) is 4.31 Å². The van der Waals surface area contributed by atoms with E-state index >= 15 is 0 Å². The number of fused-ring (bicyclic) bond motifs is 1. The van der Waals surface area contributed by atoms with E-state index in [2.05, 4.69) is 22.6 Å². The van der Waals surface area contributed by atoms with Crippen LogP contribution in [0.1, 0.15) is 12.0 Å². The summed E-state index contributed by atoms with van der Waals surface area (Å²) in [6, 6.07) is 3.82. The Morgan fingerprint density at radius 1 is 1.41 bits per heavy atom. The lowest BCUT2D eigenvalue weighted by Gasteiger charge is -2.29. The largest absolute Gasteiger partial charge is 0.496 e. The van der Waals surface area contributed by atoms with E-state index < -0.39 is 10.0 Å². The van der Waals surface area contributed by atoms with Crippen LogP contribution >= 0.6 is 22.6 Å². The van der Waals surface area contributed by atoms with Crippen LogP contribution in [0.4, 0.5) is 5.69 Å². The van der Waals surface area contributed by atoms with Crippen molar-refractivity contribution in [1.29, 1.82) is 0 Å². The van der Waals surface area contributed by atoms with Crippen LogP contribution in [0.25, 0.3) is 0 Å². The zero-order valence-corrected chi connectivity index (χ0v) is 12.7.